The Bertz CT molecular complexity index is 692. The van der Waals surface area contributed by atoms with Gasteiger partial charge in [-0.2, -0.15) is 5.26 Å². The minimum absolute atomic E-state index is 0.318. The van der Waals surface area contributed by atoms with Crippen molar-refractivity contribution in [3.05, 3.63) is 68.1 Å². The number of ketones is 1. The highest BCUT2D eigenvalue weighted by molar-refractivity contribution is 9.10. The molecule has 100 valence electrons. The summed E-state index contributed by atoms with van der Waals surface area (Å²) in [4.78, 5) is 12.4. The first-order valence-electron chi connectivity index (χ1n) is 5.67. The SMILES string of the molecule is N#CC(C(=O)c1ccc(Br)cc1Cl)c1ccc(Cl)cc1. The van der Waals surface area contributed by atoms with E-state index >= 15 is 0 Å². The van der Waals surface area contributed by atoms with Crippen molar-refractivity contribution in [3.63, 3.8) is 0 Å². The van der Waals surface area contributed by atoms with Crippen LogP contribution in [0, 0.1) is 11.3 Å². The first-order chi connectivity index (χ1) is 9.52. The lowest BCUT2D eigenvalue weighted by Gasteiger charge is -2.10. The quantitative estimate of drug-likeness (QED) is 0.694. The molecular weight excluding hydrogens is 361 g/mol. The second-order valence-electron chi connectivity index (χ2n) is 4.10. The van der Waals surface area contributed by atoms with E-state index in [2.05, 4.69) is 15.9 Å². The summed E-state index contributed by atoms with van der Waals surface area (Å²) in [5, 5.41) is 10.1. The van der Waals surface area contributed by atoms with Crippen molar-refractivity contribution >= 4 is 44.9 Å². The molecule has 0 spiro atoms. The molecule has 0 aromatic heterocycles. The lowest BCUT2D eigenvalue weighted by atomic mass is 9.92. The zero-order valence-electron chi connectivity index (χ0n) is 10.1. The predicted octanol–water partition coefficient (Wildman–Crippen LogP) is 5.25. The highest BCUT2D eigenvalue weighted by Crippen LogP contribution is 2.28. The van der Waals surface area contributed by atoms with Crippen molar-refractivity contribution in [2.24, 2.45) is 0 Å². The maximum Gasteiger partial charge on any atom is 0.185 e. The Morgan fingerprint density at radius 3 is 2.35 bits per heavy atom. The van der Waals surface area contributed by atoms with Gasteiger partial charge >= 0.3 is 0 Å². The number of nitriles is 1. The molecule has 0 saturated carbocycles. The van der Waals surface area contributed by atoms with Gasteiger partial charge in [-0.05, 0) is 35.9 Å². The fourth-order valence-electron chi connectivity index (χ4n) is 1.78. The van der Waals surface area contributed by atoms with Gasteiger partial charge in [-0.25, -0.2) is 0 Å². The third-order valence-corrected chi connectivity index (χ3v) is 3.85. The smallest absolute Gasteiger partial charge is 0.185 e. The van der Waals surface area contributed by atoms with Crippen LogP contribution >= 0.6 is 39.1 Å². The number of Topliss-reactive ketones (excluding diaryl/α,β-unsaturated/α-hetero) is 1. The van der Waals surface area contributed by atoms with Crippen LogP contribution in [0.3, 0.4) is 0 Å². The lowest BCUT2D eigenvalue weighted by Crippen LogP contribution is -2.11. The van der Waals surface area contributed by atoms with Crippen molar-refractivity contribution in [1.29, 1.82) is 5.26 Å². The topological polar surface area (TPSA) is 40.9 Å². The molecule has 0 N–H and O–H groups in total. The van der Waals surface area contributed by atoms with Gasteiger partial charge in [0.25, 0.3) is 0 Å². The number of benzene rings is 2. The first kappa shape index (κ1) is 15.1. The summed E-state index contributed by atoms with van der Waals surface area (Å²) in [5.74, 6) is -1.22. The van der Waals surface area contributed by atoms with Gasteiger partial charge in [0.1, 0.15) is 5.92 Å². The number of halogens is 3. The summed E-state index contributed by atoms with van der Waals surface area (Å²) in [6.07, 6.45) is 0. The maximum atomic E-state index is 12.4. The molecule has 2 rings (SSSR count). The summed E-state index contributed by atoms with van der Waals surface area (Å²) >= 11 is 15.1. The highest BCUT2D eigenvalue weighted by atomic mass is 79.9. The van der Waals surface area contributed by atoms with Crippen molar-refractivity contribution in [3.8, 4) is 6.07 Å². The van der Waals surface area contributed by atoms with Crippen LogP contribution in [-0.4, -0.2) is 5.78 Å². The van der Waals surface area contributed by atoms with Gasteiger partial charge in [0.2, 0.25) is 0 Å². The average Bonchev–Trinajstić information content (AvgIpc) is 2.41. The Morgan fingerprint density at radius 1 is 1.15 bits per heavy atom. The second-order valence-corrected chi connectivity index (χ2v) is 5.86. The molecule has 0 amide bonds. The average molecular weight is 369 g/mol. The minimum Gasteiger partial charge on any atom is -0.292 e. The molecule has 2 aromatic carbocycles. The zero-order chi connectivity index (χ0) is 14.7. The van der Waals surface area contributed by atoms with Crippen molar-refractivity contribution in [2.45, 2.75) is 5.92 Å². The fourth-order valence-corrected chi connectivity index (χ4v) is 2.68. The van der Waals surface area contributed by atoms with E-state index in [1.807, 2.05) is 6.07 Å². The lowest BCUT2D eigenvalue weighted by molar-refractivity contribution is 0.0979. The van der Waals surface area contributed by atoms with E-state index in [1.54, 1.807) is 42.5 Å². The van der Waals surface area contributed by atoms with Crippen LogP contribution in [0.2, 0.25) is 10.0 Å². The first-order valence-corrected chi connectivity index (χ1v) is 7.22. The molecule has 5 heteroatoms. The van der Waals surface area contributed by atoms with E-state index in [4.69, 9.17) is 23.2 Å². The Balaban J connectivity index is 2.39. The van der Waals surface area contributed by atoms with Crippen LogP contribution in [-0.2, 0) is 0 Å². The second kappa shape index (κ2) is 6.41. The van der Waals surface area contributed by atoms with Gasteiger partial charge < -0.3 is 0 Å². The molecule has 0 heterocycles. The molecule has 1 atom stereocenters. The Morgan fingerprint density at radius 2 is 1.80 bits per heavy atom. The van der Waals surface area contributed by atoms with E-state index in [1.165, 1.54) is 0 Å². The number of carbonyl (C=O) groups excluding carboxylic acids is 1. The van der Waals surface area contributed by atoms with E-state index in [0.29, 0.717) is 21.2 Å². The molecule has 0 bridgehead atoms. The Labute approximate surface area is 135 Å². The largest absolute Gasteiger partial charge is 0.292 e. The third kappa shape index (κ3) is 3.21. The fraction of sp³-hybridized carbons (Fsp3) is 0.0667. The Hall–Kier alpha value is -1.34. The third-order valence-electron chi connectivity index (χ3n) is 2.79. The maximum absolute atomic E-state index is 12.4. The summed E-state index contributed by atoms with van der Waals surface area (Å²) in [7, 11) is 0. The van der Waals surface area contributed by atoms with Crippen molar-refractivity contribution < 1.29 is 4.79 Å². The van der Waals surface area contributed by atoms with Crippen molar-refractivity contribution in [2.75, 3.05) is 0 Å². The number of hydrogen-bond acceptors (Lipinski definition) is 2. The van der Waals surface area contributed by atoms with E-state index in [-0.39, 0.29) is 5.78 Å². The van der Waals surface area contributed by atoms with Gasteiger partial charge in [0.05, 0.1) is 11.1 Å². The van der Waals surface area contributed by atoms with E-state index in [9.17, 15) is 10.1 Å². The molecule has 0 fully saturated rings. The monoisotopic (exact) mass is 367 g/mol. The van der Waals surface area contributed by atoms with Gasteiger partial charge in [0, 0.05) is 15.1 Å². The molecule has 0 radical (unpaired) electrons. The Kier molecular flexibility index (Phi) is 4.82. The van der Waals surface area contributed by atoms with Crippen molar-refractivity contribution in [1.82, 2.24) is 0 Å². The van der Waals surface area contributed by atoms with Crippen LogP contribution < -0.4 is 0 Å². The zero-order valence-corrected chi connectivity index (χ0v) is 13.2. The van der Waals surface area contributed by atoms with Crippen LogP contribution in [0.25, 0.3) is 0 Å². The van der Waals surface area contributed by atoms with Crippen LogP contribution in [0.4, 0.5) is 0 Å². The molecule has 0 aliphatic heterocycles. The van der Waals surface area contributed by atoms with Crippen LogP contribution in [0.5, 0.6) is 0 Å². The molecule has 0 aliphatic rings. The summed E-state index contributed by atoms with van der Waals surface area (Å²) in [5.41, 5.74) is 0.928. The predicted molar refractivity (Wildman–Crippen MR) is 83.3 cm³/mol. The van der Waals surface area contributed by atoms with E-state index < -0.39 is 5.92 Å². The normalized spacial score (nSPS) is 11.7. The summed E-state index contributed by atoms with van der Waals surface area (Å²) in [6, 6.07) is 13.6. The number of hydrogen-bond donors (Lipinski definition) is 0. The molecule has 0 saturated heterocycles. The summed E-state index contributed by atoms with van der Waals surface area (Å²) in [6.45, 7) is 0. The van der Waals surface area contributed by atoms with Crippen LogP contribution in [0.1, 0.15) is 21.8 Å². The highest BCUT2D eigenvalue weighted by Gasteiger charge is 2.23. The molecule has 2 nitrogen and oxygen atoms in total. The number of carbonyl (C=O) groups is 1. The van der Waals surface area contributed by atoms with Gasteiger partial charge in [-0.1, -0.05) is 51.3 Å². The molecule has 20 heavy (non-hydrogen) atoms. The number of nitrogens with zero attached hydrogens (tertiary/aromatic N) is 1. The van der Waals surface area contributed by atoms with Gasteiger partial charge in [-0.15, -0.1) is 0 Å². The molecular formula is C15H8BrCl2NO. The minimum atomic E-state index is -0.897. The van der Waals surface area contributed by atoms with E-state index in [0.717, 1.165) is 4.47 Å². The van der Waals surface area contributed by atoms with Gasteiger partial charge in [0.15, 0.2) is 5.78 Å². The molecule has 0 aliphatic carbocycles. The van der Waals surface area contributed by atoms with Gasteiger partial charge in [-0.3, -0.25) is 4.79 Å². The standard InChI is InChI=1S/C15H8BrCl2NO/c16-10-3-6-12(14(18)7-10)15(20)13(8-19)9-1-4-11(17)5-2-9/h1-7,13H. The molecule has 1 unspecified atom stereocenters. The van der Waals surface area contributed by atoms with Crippen LogP contribution in [0.15, 0.2) is 46.9 Å². The molecule has 2 aromatic rings. The summed E-state index contributed by atoms with van der Waals surface area (Å²) < 4.78 is 0.777. The number of rotatable bonds is 3.